The number of amides is 1. The van der Waals surface area contributed by atoms with Crippen LogP contribution in [0.3, 0.4) is 0 Å². The fraction of sp³-hybridized carbons (Fsp3) is 0.909. The summed E-state index contributed by atoms with van der Waals surface area (Å²) in [5.74, 6) is 2.39. The number of carbonyl (C=O) groups excluding carboxylic acids is 1. The fourth-order valence-electron chi connectivity index (χ4n) is 1.81. The van der Waals surface area contributed by atoms with Crippen molar-refractivity contribution < 1.29 is 4.79 Å². The van der Waals surface area contributed by atoms with Crippen molar-refractivity contribution in [3.63, 3.8) is 0 Å². The third kappa shape index (κ3) is 4.64. The molecule has 2 nitrogen and oxygen atoms in total. The summed E-state index contributed by atoms with van der Waals surface area (Å²) in [6, 6.07) is 0.139. The molecule has 0 aromatic carbocycles. The van der Waals surface area contributed by atoms with Gasteiger partial charge < -0.3 is 5.32 Å². The number of nitrogens with one attached hydrogen (secondary N) is 1. The molecule has 0 radical (unpaired) electrons. The van der Waals surface area contributed by atoms with Crippen LogP contribution in [0.2, 0.25) is 0 Å². The lowest BCUT2D eigenvalue weighted by Crippen LogP contribution is -2.41. The molecule has 0 spiro atoms. The maximum atomic E-state index is 11.8. The fourth-order valence-corrected chi connectivity index (χ4v) is 3.18. The van der Waals surface area contributed by atoms with Crippen LogP contribution < -0.4 is 5.32 Å². The number of carbonyl (C=O) groups is 1. The molecule has 0 aromatic heterocycles. The van der Waals surface area contributed by atoms with Crippen LogP contribution in [-0.4, -0.2) is 28.8 Å². The summed E-state index contributed by atoms with van der Waals surface area (Å²) in [6.07, 6.45) is 3.15. The molecule has 1 fully saturated rings. The molecular weight excluding hydrogens is 230 g/mol. The Balaban J connectivity index is 2.33. The molecule has 4 heteroatoms. The molecule has 0 aliphatic carbocycles. The highest BCUT2D eigenvalue weighted by Crippen LogP contribution is 2.26. The highest BCUT2D eigenvalue weighted by molar-refractivity contribution is 8.00. The Morgan fingerprint density at radius 2 is 2.33 bits per heavy atom. The Labute approximate surface area is 102 Å². The Hall–Kier alpha value is 0.110. The van der Waals surface area contributed by atoms with Crippen LogP contribution in [-0.2, 0) is 4.79 Å². The summed E-state index contributed by atoms with van der Waals surface area (Å²) in [5.41, 5.74) is 0. The van der Waals surface area contributed by atoms with Gasteiger partial charge in [0.05, 0.1) is 5.25 Å². The van der Waals surface area contributed by atoms with Gasteiger partial charge in [0, 0.05) is 11.9 Å². The van der Waals surface area contributed by atoms with Gasteiger partial charge in [-0.1, -0.05) is 13.8 Å². The van der Waals surface area contributed by atoms with E-state index < -0.39 is 0 Å². The van der Waals surface area contributed by atoms with Crippen LogP contribution in [0.1, 0.15) is 33.1 Å². The minimum absolute atomic E-state index is 0.139. The second-order valence-corrected chi connectivity index (χ2v) is 6.11. The molecule has 1 N–H and O–H groups in total. The molecule has 0 saturated carbocycles. The van der Waals surface area contributed by atoms with Gasteiger partial charge in [-0.3, -0.25) is 4.79 Å². The number of alkyl halides is 1. The zero-order chi connectivity index (χ0) is 11.3. The molecule has 1 saturated heterocycles. The van der Waals surface area contributed by atoms with E-state index in [2.05, 4.69) is 19.2 Å². The highest BCUT2D eigenvalue weighted by Gasteiger charge is 2.25. The van der Waals surface area contributed by atoms with E-state index in [0.29, 0.717) is 11.8 Å². The average molecular weight is 250 g/mol. The van der Waals surface area contributed by atoms with Crippen molar-refractivity contribution >= 4 is 29.3 Å². The van der Waals surface area contributed by atoms with Crippen molar-refractivity contribution in [2.24, 2.45) is 5.92 Å². The van der Waals surface area contributed by atoms with Crippen LogP contribution in [0.25, 0.3) is 0 Å². The molecule has 1 heterocycles. The number of rotatable bonds is 5. The van der Waals surface area contributed by atoms with Crippen LogP contribution in [0.4, 0.5) is 0 Å². The van der Waals surface area contributed by atoms with E-state index in [1.807, 2.05) is 0 Å². The first-order valence-electron chi connectivity index (χ1n) is 5.61. The second kappa shape index (κ2) is 6.64. The van der Waals surface area contributed by atoms with Gasteiger partial charge in [0.15, 0.2) is 0 Å². The number of hydrogen-bond donors (Lipinski definition) is 1. The first-order valence-corrected chi connectivity index (χ1v) is 7.19. The zero-order valence-corrected chi connectivity index (χ0v) is 11.0. The van der Waals surface area contributed by atoms with Gasteiger partial charge in [0.25, 0.3) is 0 Å². The summed E-state index contributed by atoms with van der Waals surface area (Å²) in [6.45, 7) is 4.30. The third-order valence-corrected chi connectivity index (χ3v) is 4.26. The Bertz CT molecular complexity index is 205. The largest absolute Gasteiger partial charge is 0.351 e. The molecule has 2 atom stereocenters. The molecule has 2 unspecified atom stereocenters. The molecule has 1 aliphatic heterocycles. The number of thioether (sulfide) groups is 1. The van der Waals surface area contributed by atoms with E-state index in [1.165, 1.54) is 6.42 Å². The summed E-state index contributed by atoms with van der Waals surface area (Å²) in [4.78, 5) is 11.8. The lowest BCUT2D eigenvalue weighted by molar-refractivity contribution is -0.121. The van der Waals surface area contributed by atoms with Crippen molar-refractivity contribution in [3.05, 3.63) is 0 Å². The zero-order valence-electron chi connectivity index (χ0n) is 9.46. The Morgan fingerprint density at radius 3 is 2.80 bits per heavy atom. The molecule has 1 rings (SSSR count). The second-order valence-electron chi connectivity index (χ2n) is 4.49. The van der Waals surface area contributed by atoms with Crippen molar-refractivity contribution in [2.75, 3.05) is 11.6 Å². The molecule has 1 amide bonds. The summed E-state index contributed by atoms with van der Waals surface area (Å²) in [7, 11) is 0. The van der Waals surface area contributed by atoms with Crippen LogP contribution >= 0.6 is 23.4 Å². The van der Waals surface area contributed by atoms with E-state index in [0.717, 1.165) is 18.6 Å². The smallest absolute Gasteiger partial charge is 0.233 e. The summed E-state index contributed by atoms with van der Waals surface area (Å²) in [5, 5.41) is 3.22. The van der Waals surface area contributed by atoms with E-state index in [1.54, 1.807) is 11.8 Å². The molecular formula is C11H20ClNOS. The quantitative estimate of drug-likeness (QED) is 0.759. The maximum absolute atomic E-state index is 11.8. The average Bonchev–Trinajstić information content (AvgIpc) is 2.68. The minimum atomic E-state index is 0.139. The monoisotopic (exact) mass is 249 g/mol. The van der Waals surface area contributed by atoms with Gasteiger partial charge in [-0.2, -0.15) is 0 Å². The van der Waals surface area contributed by atoms with Crippen LogP contribution in [0, 0.1) is 5.92 Å². The highest BCUT2D eigenvalue weighted by atomic mass is 35.5. The standard InChI is InChI=1S/C11H20ClNOS/c1-8(2)6-9(7-12)13-11(14)10-4-3-5-15-10/h8-10H,3-7H2,1-2H3,(H,13,14). The lowest BCUT2D eigenvalue weighted by Gasteiger charge is -2.20. The first kappa shape index (κ1) is 13.2. The Kier molecular flexibility index (Phi) is 5.83. The van der Waals surface area contributed by atoms with Crippen molar-refractivity contribution in [2.45, 2.75) is 44.4 Å². The Morgan fingerprint density at radius 1 is 1.60 bits per heavy atom. The van der Waals surface area contributed by atoms with Crippen molar-refractivity contribution in [1.82, 2.24) is 5.32 Å². The minimum Gasteiger partial charge on any atom is -0.351 e. The third-order valence-electron chi connectivity index (χ3n) is 2.51. The normalized spacial score (nSPS) is 23.1. The first-order chi connectivity index (χ1) is 7.13. The van der Waals surface area contributed by atoms with Gasteiger partial charge in [0.2, 0.25) is 5.91 Å². The number of hydrogen-bond acceptors (Lipinski definition) is 2. The van der Waals surface area contributed by atoms with Gasteiger partial charge in [0.1, 0.15) is 0 Å². The number of halogens is 1. The lowest BCUT2D eigenvalue weighted by atomic mass is 10.0. The maximum Gasteiger partial charge on any atom is 0.233 e. The van der Waals surface area contributed by atoms with E-state index in [-0.39, 0.29) is 17.2 Å². The van der Waals surface area contributed by atoms with Gasteiger partial charge in [-0.05, 0) is 30.9 Å². The topological polar surface area (TPSA) is 29.1 Å². The predicted molar refractivity (Wildman–Crippen MR) is 67.6 cm³/mol. The van der Waals surface area contributed by atoms with Crippen molar-refractivity contribution in [3.8, 4) is 0 Å². The molecule has 0 aromatic rings. The summed E-state index contributed by atoms with van der Waals surface area (Å²) < 4.78 is 0. The van der Waals surface area contributed by atoms with E-state index in [4.69, 9.17) is 11.6 Å². The van der Waals surface area contributed by atoms with Gasteiger partial charge >= 0.3 is 0 Å². The van der Waals surface area contributed by atoms with E-state index in [9.17, 15) is 4.79 Å². The van der Waals surface area contributed by atoms with Crippen LogP contribution in [0.5, 0.6) is 0 Å². The molecule has 1 aliphatic rings. The summed E-state index contributed by atoms with van der Waals surface area (Å²) >= 11 is 7.61. The van der Waals surface area contributed by atoms with Gasteiger partial charge in [-0.25, -0.2) is 0 Å². The van der Waals surface area contributed by atoms with Crippen molar-refractivity contribution in [1.29, 1.82) is 0 Å². The van der Waals surface area contributed by atoms with E-state index >= 15 is 0 Å². The predicted octanol–water partition coefficient (Wildman–Crippen LogP) is 2.65. The molecule has 15 heavy (non-hydrogen) atoms. The molecule has 88 valence electrons. The molecule has 0 bridgehead atoms. The van der Waals surface area contributed by atoms with Crippen LogP contribution in [0.15, 0.2) is 0 Å². The SMILES string of the molecule is CC(C)CC(CCl)NC(=O)C1CCCS1. The van der Waals surface area contributed by atoms with Gasteiger partial charge in [-0.15, -0.1) is 23.4 Å².